The Labute approximate surface area is 182 Å². The number of rotatable bonds is 5. The number of fused-ring (bicyclic) bond motifs is 1. The van der Waals surface area contributed by atoms with Gasteiger partial charge in [0, 0.05) is 19.2 Å². The molecule has 1 amide bonds. The summed E-state index contributed by atoms with van der Waals surface area (Å²) in [6, 6.07) is 22.0. The van der Waals surface area contributed by atoms with Crippen LogP contribution >= 0.6 is 0 Å². The average molecular weight is 413 g/mol. The van der Waals surface area contributed by atoms with Gasteiger partial charge in [-0.2, -0.15) is 5.26 Å². The van der Waals surface area contributed by atoms with Crippen molar-refractivity contribution in [2.45, 2.75) is 25.7 Å². The maximum absolute atomic E-state index is 13.2. The van der Waals surface area contributed by atoms with Crippen LogP contribution in [0.2, 0.25) is 0 Å². The van der Waals surface area contributed by atoms with Crippen LogP contribution in [0.4, 0.5) is 4.39 Å². The summed E-state index contributed by atoms with van der Waals surface area (Å²) >= 11 is 0. The topological polar surface area (TPSA) is 44.1 Å². The molecular weight excluding hydrogens is 387 g/mol. The molecule has 3 aromatic rings. The minimum absolute atomic E-state index is 0.0259. The van der Waals surface area contributed by atoms with Crippen LogP contribution in [-0.4, -0.2) is 24.4 Å². The Hall–Kier alpha value is -3.45. The van der Waals surface area contributed by atoms with E-state index in [2.05, 4.69) is 31.2 Å². The summed E-state index contributed by atoms with van der Waals surface area (Å²) < 4.78 is 13.2. The zero-order valence-corrected chi connectivity index (χ0v) is 17.8. The number of carbonyl (C=O) groups excluding carboxylic acids is 1. The number of nitrogens with zero attached hydrogens (tertiary/aromatic N) is 2. The third-order valence-corrected chi connectivity index (χ3v) is 6.33. The lowest BCUT2D eigenvalue weighted by atomic mass is 9.90. The number of hydrogen-bond acceptors (Lipinski definition) is 2. The standard InChI is InChI=1S/C27H25FN2O/c1-18-15-23-16-22(20-7-10-24(28)11-8-20)9-12-26(23)25(18)13-14-30(2)27(31)21-5-3-19(17-29)4-6-21/h3-12,16,18,25H,13-15H2,1-2H3/t18-,25?/m1/s1. The van der Waals surface area contributed by atoms with E-state index in [-0.39, 0.29) is 11.7 Å². The lowest BCUT2D eigenvalue weighted by Crippen LogP contribution is -2.29. The zero-order valence-electron chi connectivity index (χ0n) is 17.8. The van der Waals surface area contributed by atoms with E-state index in [0.29, 0.717) is 29.5 Å². The maximum atomic E-state index is 13.2. The van der Waals surface area contributed by atoms with Crippen molar-refractivity contribution >= 4 is 5.91 Å². The van der Waals surface area contributed by atoms with Crippen LogP contribution in [0.5, 0.6) is 0 Å². The molecule has 4 heteroatoms. The number of benzene rings is 3. The van der Waals surface area contributed by atoms with Crippen LogP contribution in [0.1, 0.15) is 46.3 Å². The Balaban J connectivity index is 1.44. The molecule has 1 aliphatic rings. The lowest BCUT2D eigenvalue weighted by Gasteiger charge is -2.22. The van der Waals surface area contributed by atoms with E-state index < -0.39 is 0 Å². The largest absolute Gasteiger partial charge is 0.342 e. The molecule has 0 radical (unpaired) electrons. The molecule has 1 unspecified atom stereocenters. The normalized spacial score (nSPS) is 17.1. The van der Waals surface area contributed by atoms with Crippen molar-refractivity contribution in [2.24, 2.45) is 5.92 Å². The van der Waals surface area contributed by atoms with E-state index in [1.807, 2.05) is 19.2 Å². The highest BCUT2D eigenvalue weighted by atomic mass is 19.1. The predicted octanol–water partition coefficient (Wildman–Crippen LogP) is 5.80. The van der Waals surface area contributed by atoms with Gasteiger partial charge in [0.2, 0.25) is 0 Å². The van der Waals surface area contributed by atoms with Crippen molar-refractivity contribution < 1.29 is 9.18 Å². The Morgan fingerprint density at radius 3 is 2.42 bits per heavy atom. The molecule has 0 heterocycles. The van der Waals surface area contributed by atoms with Gasteiger partial charge in [-0.3, -0.25) is 4.79 Å². The van der Waals surface area contributed by atoms with E-state index in [9.17, 15) is 9.18 Å². The average Bonchev–Trinajstić information content (AvgIpc) is 3.11. The van der Waals surface area contributed by atoms with Gasteiger partial charge in [-0.25, -0.2) is 4.39 Å². The van der Waals surface area contributed by atoms with Crippen molar-refractivity contribution in [1.29, 1.82) is 5.26 Å². The Bertz CT molecular complexity index is 1130. The van der Waals surface area contributed by atoms with Crippen LogP contribution in [0, 0.1) is 23.1 Å². The van der Waals surface area contributed by atoms with Gasteiger partial charge in [-0.1, -0.05) is 37.3 Å². The molecular formula is C27H25FN2O. The second kappa shape index (κ2) is 8.73. The van der Waals surface area contributed by atoms with Gasteiger partial charge in [-0.15, -0.1) is 0 Å². The molecule has 0 saturated carbocycles. The fourth-order valence-corrected chi connectivity index (χ4v) is 4.54. The van der Waals surface area contributed by atoms with E-state index in [1.165, 1.54) is 23.3 Å². The van der Waals surface area contributed by atoms with Crippen molar-refractivity contribution in [3.8, 4) is 17.2 Å². The first-order valence-corrected chi connectivity index (χ1v) is 10.6. The molecule has 156 valence electrons. The van der Waals surface area contributed by atoms with Crippen LogP contribution < -0.4 is 0 Å². The lowest BCUT2D eigenvalue weighted by molar-refractivity contribution is 0.0789. The zero-order chi connectivity index (χ0) is 22.0. The molecule has 0 fully saturated rings. The Kier molecular flexibility index (Phi) is 5.86. The van der Waals surface area contributed by atoms with Gasteiger partial charge in [0.15, 0.2) is 0 Å². The molecule has 0 aromatic heterocycles. The summed E-state index contributed by atoms with van der Waals surface area (Å²) in [5.74, 6) is 0.672. The van der Waals surface area contributed by atoms with Crippen LogP contribution in [-0.2, 0) is 6.42 Å². The monoisotopic (exact) mass is 412 g/mol. The number of amides is 1. The quantitative estimate of drug-likeness (QED) is 0.531. The summed E-state index contributed by atoms with van der Waals surface area (Å²) in [4.78, 5) is 14.5. The van der Waals surface area contributed by atoms with Gasteiger partial charge in [0.05, 0.1) is 11.6 Å². The van der Waals surface area contributed by atoms with Gasteiger partial charge in [-0.05, 0) is 83.3 Å². The predicted molar refractivity (Wildman–Crippen MR) is 120 cm³/mol. The smallest absolute Gasteiger partial charge is 0.253 e. The third kappa shape index (κ3) is 4.36. The summed E-state index contributed by atoms with van der Waals surface area (Å²) in [7, 11) is 1.83. The fourth-order valence-electron chi connectivity index (χ4n) is 4.54. The van der Waals surface area contributed by atoms with Crippen molar-refractivity contribution in [2.75, 3.05) is 13.6 Å². The third-order valence-electron chi connectivity index (χ3n) is 6.33. The van der Waals surface area contributed by atoms with E-state index >= 15 is 0 Å². The Morgan fingerprint density at radius 2 is 1.74 bits per heavy atom. The van der Waals surface area contributed by atoms with Gasteiger partial charge < -0.3 is 4.90 Å². The van der Waals surface area contributed by atoms with Gasteiger partial charge in [0.1, 0.15) is 5.82 Å². The van der Waals surface area contributed by atoms with Crippen molar-refractivity contribution in [1.82, 2.24) is 4.90 Å². The first kappa shape index (κ1) is 20.8. The number of nitriles is 1. The number of halogens is 1. The van der Waals surface area contributed by atoms with E-state index in [4.69, 9.17) is 5.26 Å². The minimum atomic E-state index is -0.224. The molecule has 0 spiro atoms. The van der Waals surface area contributed by atoms with E-state index in [1.54, 1.807) is 29.2 Å². The van der Waals surface area contributed by atoms with Crippen LogP contribution in [0.25, 0.3) is 11.1 Å². The molecule has 3 aromatic carbocycles. The molecule has 31 heavy (non-hydrogen) atoms. The highest BCUT2D eigenvalue weighted by Crippen LogP contribution is 2.41. The second-order valence-electron chi connectivity index (χ2n) is 8.41. The molecule has 0 bridgehead atoms. The highest BCUT2D eigenvalue weighted by Gasteiger charge is 2.30. The van der Waals surface area contributed by atoms with Gasteiger partial charge in [0.25, 0.3) is 5.91 Å². The number of hydrogen-bond donors (Lipinski definition) is 0. The molecule has 0 aliphatic heterocycles. The SMILES string of the molecule is C[C@@H]1Cc2cc(-c3ccc(F)cc3)ccc2C1CCN(C)C(=O)c1ccc(C#N)cc1. The van der Waals surface area contributed by atoms with Crippen LogP contribution in [0.3, 0.4) is 0 Å². The first-order valence-electron chi connectivity index (χ1n) is 10.6. The fraction of sp³-hybridized carbons (Fsp3) is 0.259. The Morgan fingerprint density at radius 1 is 1.06 bits per heavy atom. The summed E-state index contributed by atoms with van der Waals surface area (Å²) in [5.41, 5.74) is 5.99. The molecule has 1 aliphatic carbocycles. The van der Waals surface area contributed by atoms with Crippen molar-refractivity contribution in [3.05, 3.63) is 94.8 Å². The second-order valence-corrected chi connectivity index (χ2v) is 8.41. The first-order chi connectivity index (χ1) is 15.0. The molecule has 0 saturated heterocycles. The highest BCUT2D eigenvalue weighted by molar-refractivity contribution is 5.94. The number of carbonyl (C=O) groups is 1. The molecule has 0 N–H and O–H groups in total. The minimum Gasteiger partial charge on any atom is -0.342 e. The molecule has 4 rings (SSSR count). The van der Waals surface area contributed by atoms with Crippen molar-refractivity contribution in [3.63, 3.8) is 0 Å². The van der Waals surface area contributed by atoms with E-state index in [0.717, 1.165) is 24.0 Å². The maximum Gasteiger partial charge on any atom is 0.253 e. The summed E-state index contributed by atoms with van der Waals surface area (Å²) in [6.45, 7) is 2.94. The molecule has 2 atom stereocenters. The summed E-state index contributed by atoms with van der Waals surface area (Å²) in [5, 5.41) is 8.92. The van der Waals surface area contributed by atoms with Crippen LogP contribution in [0.15, 0.2) is 66.7 Å². The van der Waals surface area contributed by atoms with Gasteiger partial charge >= 0.3 is 0 Å². The molecule has 3 nitrogen and oxygen atoms in total. The summed E-state index contributed by atoms with van der Waals surface area (Å²) in [6.07, 6.45) is 1.92.